The molecule has 13 heavy (non-hydrogen) atoms. The fourth-order valence-corrected chi connectivity index (χ4v) is 1.16. The average Bonchev–Trinajstić information content (AvgIpc) is 2.13. The van der Waals surface area contributed by atoms with Crippen molar-refractivity contribution in [3.05, 3.63) is 0 Å². The van der Waals surface area contributed by atoms with Crippen molar-refractivity contribution in [2.75, 3.05) is 27.2 Å². The molecule has 0 saturated carbocycles. The molecule has 4 nitrogen and oxygen atoms in total. The first kappa shape index (κ1) is 12.1. The smallest absolute Gasteiger partial charge is 0.223 e. The van der Waals surface area contributed by atoms with E-state index in [0.29, 0.717) is 19.5 Å². The molecule has 0 aromatic heterocycles. The molecule has 1 amide bonds. The van der Waals surface area contributed by atoms with Gasteiger partial charge in [-0.05, 0) is 7.05 Å². The Kier molecular flexibility index (Phi) is 6.14. The van der Waals surface area contributed by atoms with E-state index in [4.69, 9.17) is 0 Å². The average molecular weight is 186 g/mol. The Morgan fingerprint density at radius 2 is 2.23 bits per heavy atom. The molecule has 1 atom stereocenters. The monoisotopic (exact) mass is 186 g/mol. The van der Waals surface area contributed by atoms with Crippen LogP contribution in [-0.2, 0) is 9.59 Å². The summed E-state index contributed by atoms with van der Waals surface area (Å²) < 4.78 is 0. The minimum Gasteiger partial charge on any atom is -0.359 e. The zero-order valence-corrected chi connectivity index (χ0v) is 8.54. The number of carbonyl (C=O) groups is 2. The number of nitrogens with zero attached hydrogens (tertiary/aromatic N) is 1. The van der Waals surface area contributed by atoms with Crippen LogP contribution in [0.15, 0.2) is 0 Å². The summed E-state index contributed by atoms with van der Waals surface area (Å²) in [4.78, 5) is 23.2. The van der Waals surface area contributed by atoms with Gasteiger partial charge in [0.25, 0.3) is 0 Å². The van der Waals surface area contributed by atoms with Gasteiger partial charge in [0, 0.05) is 32.5 Å². The molecule has 0 bridgehead atoms. The van der Waals surface area contributed by atoms with Crippen LogP contribution in [0.1, 0.15) is 13.3 Å². The third-order valence-corrected chi connectivity index (χ3v) is 1.91. The number of carbonyl (C=O) groups excluding carboxylic acids is 2. The lowest BCUT2D eigenvalue weighted by molar-refractivity contribution is -0.124. The summed E-state index contributed by atoms with van der Waals surface area (Å²) in [6.45, 7) is 3.27. The lowest BCUT2D eigenvalue weighted by atomic mass is 10.1. The molecule has 1 unspecified atom stereocenters. The molecular formula is C9H18N2O2. The number of hydrogen-bond donors (Lipinski definition) is 1. The molecule has 1 N–H and O–H groups in total. The maximum absolute atomic E-state index is 11.1. The van der Waals surface area contributed by atoms with Gasteiger partial charge in [-0.2, -0.15) is 0 Å². The van der Waals surface area contributed by atoms with E-state index < -0.39 is 0 Å². The Morgan fingerprint density at radius 1 is 1.62 bits per heavy atom. The highest BCUT2D eigenvalue weighted by Gasteiger charge is 2.12. The van der Waals surface area contributed by atoms with Crippen LogP contribution < -0.4 is 5.32 Å². The molecular weight excluding hydrogens is 168 g/mol. The fourth-order valence-electron chi connectivity index (χ4n) is 1.16. The van der Waals surface area contributed by atoms with Crippen molar-refractivity contribution in [2.45, 2.75) is 13.3 Å². The molecule has 0 saturated heterocycles. The van der Waals surface area contributed by atoms with Crippen molar-refractivity contribution in [1.82, 2.24) is 10.2 Å². The van der Waals surface area contributed by atoms with Crippen LogP contribution in [-0.4, -0.2) is 44.3 Å². The third-order valence-electron chi connectivity index (χ3n) is 1.91. The van der Waals surface area contributed by atoms with Crippen LogP contribution in [0.2, 0.25) is 0 Å². The van der Waals surface area contributed by atoms with Gasteiger partial charge in [-0.25, -0.2) is 0 Å². The minimum atomic E-state index is -0.0262. The molecule has 0 aromatic carbocycles. The largest absolute Gasteiger partial charge is 0.359 e. The zero-order chi connectivity index (χ0) is 10.3. The Balaban J connectivity index is 3.70. The van der Waals surface area contributed by atoms with E-state index >= 15 is 0 Å². The molecule has 0 aliphatic carbocycles. The van der Waals surface area contributed by atoms with E-state index in [2.05, 4.69) is 5.32 Å². The number of rotatable bonds is 6. The van der Waals surface area contributed by atoms with E-state index in [1.807, 2.05) is 18.9 Å². The first-order valence-electron chi connectivity index (χ1n) is 4.45. The SMILES string of the molecule is CNC(=O)C(C)CN(C)CCC=O. The normalized spacial score (nSPS) is 12.6. The van der Waals surface area contributed by atoms with Crippen molar-refractivity contribution < 1.29 is 9.59 Å². The van der Waals surface area contributed by atoms with Crippen LogP contribution in [0.25, 0.3) is 0 Å². The maximum atomic E-state index is 11.1. The summed E-state index contributed by atoms with van der Waals surface area (Å²) in [6.07, 6.45) is 1.41. The molecule has 0 spiro atoms. The topological polar surface area (TPSA) is 49.4 Å². The van der Waals surface area contributed by atoms with Crippen molar-refractivity contribution in [3.8, 4) is 0 Å². The number of aldehydes is 1. The first-order chi connectivity index (χ1) is 6.11. The van der Waals surface area contributed by atoms with Crippen LogP contribution in [0.4, 0.5) is 0 Å². The predicted octanol–water partition coefficient (Wildman–Crippen LogP) is -0.111. The summed E-state index contributed by atoms with van der Waals surface area (Å²) in [5.41, 5.74) is 0. The van der Waals surface area contributed by atoms with Gasteiger partial charge in [0.1, 0.15) is 6.29 Å². The standard InChI is InChI=1S/C9H18N2O2/c1-8(9(13)10-2)7-11(3)5-4-6-12/h6,8H,4-5,7H2,1-3H3,(H,10,13). The summed E-state index contributed by atoms with van der Waals surface area (Å²) in [6, 6.07) is 0. The summed E-state index contributed by atoms with van der Waals surface area (Å²) in [5, 5.41) is 2.59. The highest BCUT2D eigenvalue weighted by molar-refractivity contribution is 5.78. The Labute approximate surface area is 79.3 Å². The Morgan fingerprint density at radius 3 is 2.69 bits per heavy atom. The van der Waals surface area contributed by atoms with Gasteiger partial charge in [0.2, 0.25) is 5.91 Å². The van der Waals surface area contributed by atoms with Gasteiger partial charge in [-0.3, -0.25) is 4.79 Å². The van der Waals surface area contributed by atoms with E-state index in [-0.39, 0.29) is 11.8 Å². The van der Waals surface area contributed by atoms with Gasteiger partial charge in [-0.1, -0.05) is 6.92 Å². The number of amides is 1. The minimum absolute atomic E-state index is 0.0262. The highest BCUT2D eigenvalue weighted by atomic mass is 16.1. The number of hydrogen-bond acceptors (Lipinski definition) is 3. The van der Waals surface area contributed by atoms with E-state index in [1.54, 1.807) is 7.05 Å². The zero-order valence-electron chi connectivity index (χ0n) is 8.54. The van der Waals surface area contributed by atoms with E-state index in [9.17, 15) is 9.59 Å². The molecule has 0 aliphatic heterocycles. The lowest BCUT2D eigenvalue weighted by Gasteiger charge is -2.19. The molecule has 0 rings (SSSR count). The molecule has 0 aliphatic rings. The first-order valence-corrected chi connectivity index (χ1v) is 4.45. The fraction of sp³-hybridized carbons (Fsp3) is 0.778. The van der Waals surface area contributed by atoms with Gasteiger partial charge >= 0.3 is 0 Å². The van der Waals surface area contributed by atoms with Crippen molar-refractivity contribution in [1.29, 1.82) is 0 Å². The van der Waals surface area contributed by atoms with Crippen molar-refractivity contribution >= 4 is 12.2 Å². The van der Waals surface area contributed by atoms with E-state index in [1.165, 1.54) is 0 Å². The number of nitrogens with one attached hydrogen (secondary N) is 1. The van der Waals surface area contributed by atoms with Crippen molar-refractivity contribution in [3.63, 3.8) is 0 Å². The Bertz CT molecular complexity index is 171. The predicted molar refractivity (Wildman–Crippen MR) is 51.4 cm³/mol. The second kappa shape index (κ2) is 6.60. The second-order valence-corrected chi connectivity index (χ2v) is 3.23. The Hall–Kier alpha value is -0.900. The van der Waals surface area contributed by atoms with Gasteiger partial charge in [0.15, 0.2) is 0 Å². The molecule has 0 aromatic rings. The lowest BCUT2D eigenvalue weighted by Crippen LogP contribution is -2.34. The summed E-state index contributed by atoms with van der Waals surface area (Å²) >= 11 is 0. The summed E-state index contributed by atoms with van der Waals surface area (Å²) in [5.74, 6) is 0.0135. The second-order valence-electron chi connectivity index (χ2n) is 3.23. The molecule has 76 valence electrons. The van der Waals surface area contributed by atoms with Gasteiger partial charge in [0.05, 0.1) is 0 Å². The summed E-state index contributed by atoms with van der Waals surface area (Å²) in [7, 11) is 3.53. The van der Waals surface area contributed by atoms with Crippen LogP contribution in [0.5, 0.6) is 0 Å². The van der Waals surface area contributed by atoms with Crippen molar-refractivity contribution in [2.24, 2.45) is 5.92 Å². The van der Waals surface area contributed by atoms with Gasteiger partial charge in [-0.15, -0.1) is 0 Å². The van der Waals surface area contributed by atoms with Crippen LogP contribution >= 0.6 is 0 Å². The third kappa shape index (κ3) is 5.36. The molecule has 4 heteroatoms. The quantitative estimate of drug-likeness (QED) is 0.589. The van der Waals surface area contributed by atoms with E-state index in [0.717, 1.165) is 6.29 Å². The molecule has 0 fully saturated rings. The molecule has 0 radical (unpaired) electrons. The molecule has 0 heterocycles. The maximum Gasteiger partial charge on any atom is 0.223 e. The van der Waals surface area contributed by atoms with Gasteiger partial charge < -0.3 is 15.0 Å². The van der Waals surface area contributed by atoms with Crippen LogP contribution in [0.3, 0.4) is 0 Å². The van der Waals surface area contributed by atoms with Crippen LogP contribution in [0, 0.1) is 5.92 Å². The highest BCUT2D eigenvalue weighted by Crippen LogP contribution is 1.98.